The Balaban J connectivity index is 1.96. The van der Waals surface area contributed by atoms with Gasteiger partial charge in [0.25, 0.3) is 0 Å². The first-order valence-electron chi connectivity index (χ1n) is 6.93. The Hall–Kier alpha value is -2.83. The molecule has 2 heterocycles. The van der Waals surface area contributed by atoms with Crippen molar-refractivity contribution in [1.82, 2.24) is 15.1 Å². The number of carbonyl (C=O) groups excluding carboxylic acids is 1. The monoisotopic (exact) mass is 300 g/mol. The van der Waals surface area contributed by atoms with Crippen LogP contribution in [0.1, 0.15) is 10.5 Å². The summed E-state index contributed by atoms with van der Waals surface area (Å²) in [6.45, 7) is 1.70. The molecule has 1 fully saturated rings. The van der Waals surface area contributed by atoms with E-state index in [1.807, 2.05) is 29.2 Å². The maximum atomic E-state index is 11.9. The number of hydrogen-bond acceptors (Lipinski definition) is 4. The van der Waals surface area contributed by atoms with Gasteiger partial charge in [-0.1, -0.05) is 18.2 Å². The molecule has 7 nitrogen and oxygen atoms in total. The summed E-state index contributed by atoms with van der Waals surface area (Å²) in [5.74, 6) is -0.986. The van der Waals surface area contributed by atoms with Gasteiger partial charge >= 0.3 is 5.97 Å². The summed E-state index contributed by atoms with van der Waals surface area (Å²) in [6, 6.07) is 9.06. The number of aromatic amines is 1. The first-order valence-corrected chi connectivity index (χ1v) is 6.93. The molecular formula is C15H16N4O3. The van der Waals surface area contributed by atoms with Crippen LogP contribution in [0, 0.1) is 0 Å². The summed E-state index contributed by atoms with van der Waals surface area (Å²) in [4.78, 5) is 26.6. The van der Waals surface area contributed by atoms with Gasteiger partial charge in [0.15, 0.2) is 0 Å². The molecule has 0 bridgehead atoms. The van der Waals surface area contributed by atoms with Crippen molar-refractivity contribution in [3.05, 3.63) is 36.0 Å². The summed E-state index contributed by atoms with van der Waals surface area (Å²) in [6.07, 6.45) is 0. The molecule has 3 rings (SSSR count). The van der Waals surface area contributed by atoms with Crippen molar-refractivity contribution >= 4 is 17.6 Å². The van der Waals surface area contributed by atoms with Gasteiger partial charge in [-0.05, 0) is 12.1 Å². The number of hydrogen-bond donors (Lipinski definition) is 2. The van der Waals surface area contributed by atoms with E-state index in [1.165, 1.54) is 6.07 Å². The van der Waals surface area contributed by atoms with Gasteiger partial charge in [-0.3, -0.25) is 9.89 Å². The van der Waals surface area contributed by atoms with Gasteiger partial charge < -0.3 is 14.9 Å². The number of nitrogens with zero attached hydrogens (tertiary/aromatic N) is 3. The lowest BCUT2D eigenvalue weighted by Gasteiger charge is -2.34. The van der Waals surface area contributed by atoms with Gasteiger partial charge in [0, 0.05) is 31.4 Å². The molecule has 7 heteroatoms. The Kier molecular flexibility index (Phi) is 3.54. The minimum Gasteiger partial charge on any atom is -0.477 e. The molecule has 0 spiro atoms. The average Bonchev–Trinajstić information content (AvgIpc) is 3.00. The van der Waals surface area contributed by atoms with Crippen molar-refractivity contribution in [3.8, 4) is 11.3 Å². The number of para-hydroxylation sites is 1. The number of carboxylic acids is 1. The number of amides is 1. The normalized spacial score (nSPS) is 15.2. The van der Waals surface area contributed by atoms with Crippen LogP contribution in [0.4, 0.5) is 5.69 Å². The van der Waals surface area contributed by atoms with E-state index in [1.54, 1.807) is 11.9 Å². The van der Waals surface area contributed by atoms with Crippen molar-refractivity contribution in [3.63, 3.8) is 0 Å². The number of H-pyrrole nitrogens is 1. The van der Waals surface area contributed by atoms with E-state index in [9.17, 15) is 9.59 Å². The number of anilines is 1. The SMILES string of the molecule is CN1CCN(c2ccccc2-c2cc(C(=O)O)[nH]n2)CC1=O. The molecule has 0 saturated carbocycles. The molecular weight excluding hydrogens is 284 g/mol. The largest absolute Gasteiger partial charge is 0.477 e. The number of aromatic nitrogens is 2. The fraction of sp³-hybridized carbons (Fsp3) is 0.267. The van der Waals surface area contributed by atoms with Crippen molar-refractivity contribution in [2.75, 3.05) is 31.6 Å². The number of carboxylic acid groups (broad SMARTS) is 1. The Bertz CT molecular complexity index is 725. The molecule has 22 heavy (non-hydrogen) atoms. The van der Waals surface area contributed by atoms with Crippen LogP contribution in [0.5, 0.6) is 0 Å². The molecule has 0 unspecified atom stereocenters. The second kappa shape index (κ2) is 5.51. The zero-order chi connectivity index (χ0) is 15.7. The van der Waals surface area contributed by atoms with E-state index < -0.39 is 5.97 Å². The highest BCUT2D eigenvalue weighted by molar-refractivity contribution is 5.89. The minimum atomic E-state index is -1.05. The van der Waals surface area contributed by atoms with E-state index in [2.05, 4.69) is 10.2 Å². The zero-order valence-electron chi connectivity index (χ0n) is 12.1. The number of nitrogens with one attached hydrogen (secondary N) is 1. The van der Waals surface area contributed by atoms with Crippen molar-refractivity contribution < 1.29 is 14.7 Å². The van der Waals surface area contributed by atoms with E-state index >= 15 is 0 Å². The zero-order valence-corrected chi connectivity index (χ0v) is 12.1. The lowest BCUT2D eigenvalue weighted by molar-refractivity contribution is -0.129. The van der Waals surface area contributed by atoms with Crippen LogP contribution in [0.15, 0.2) is 30.3 Å². The van der Waals surface area contributed by atoms with E-state index in [0.717, 1.165) is 17.8 Å². The molecule has 1 aromatic carbocycles. The molecule has 2 aromatic rings. The highest BCUT2D eigenvalue weighted by Crippen LogP contribution is 2.30. The second-order valence-electron chi connectivity index (χ2n) is 5.23. The summed E-state index contributed by atoms with van der Waals surface area (Å²) in [7, 11) is 1.79. The fourth-order valence-electron chi connectivity index (χ4n) is 2.50. The summed E-state index contributed by atoms with van der Waals surface area (Å²) in [5, 5.41) is 15.6. The molecule has 0 radical (unpaired) electrons. The molecule has 1 amide bonds. The molecule has 0 atom stereocenters. The summed E-state index contributed by atoms with van der Waals surface area (Å²) >= 11 is 0. The van der Waals surface area contributed by atoms with Gasteiger partial charge in [0.2, 0.25) is 5.91 Å². The topological polar surface area (TPSA) is 89.5 Å². The Morgan fingerprint density at radius 3 is 2.77 bits per heavy atom. The first kappa shape index (κ1) is 14.1. The smallest absolute Gasteiger partial charge is 0.353 e. The Labute approximate surface area is 127 Å². The van der Waals surface area contributed by atoms with Gasteiger partial charge in [-0.15, -0.1) is 0 Å². The van der Waals surface area contributed by atoms with Crippen LogP contribution in [-0.4, -0.2) is 58.8 Å². The van der Waals surface area contributed by atoms with E-state index in [0.29, 0.717) is 18.8 Å². The van der Waals surface area contributed by atoms with Crippen molar-refractivity contribution in [1.29, 1.82) is 0 Å². The first-order chi connectivity index (χ1) is 10.6. The van der Waals surface area contributed by atoms with E-state index in [4.69, 9.17) is 5.11 Å². The maximum Gasteiger partial charge on any atom is 0.353 e. The number of aromatic carboxylic acids is 1. The fourth-order valence-corrected chi connectivity index (χ4v) is 2.50. The number of rotatable bonds is 3. The van der Waals surface area contributed by atoms with Gasteiger partial charge in [0.1, 0.15) is 5.69 Å². The lowest BCUT2D eigenvalue weighted by Crippen LogP contribution is -2.48. The van der Waals surface area contributed by atoms with Gasteiger partial charge in [-0.25, -0.2) is 4.79 Å². The molecule has 1 aromatic heterocycles. The van der Waals surface area contributed by atoms with Crippen molar-refractivity contribution in [2.24, 2.45) is 0 Å². The number of likely N-dealkylation sites (N-methyl/N-ethyl adjacent to an activating group) is 1. The van der Waals surface area contributed by atoms with Crippen LogP contribution in [-0.2, 0) is 4.79 Å². The molecule has 2 N–H and O–H groups in total. The third kappa shape index (κ3) is 2.52. The van der Waals surface area contributed by atoms with Crippen LogP contribution in [0.2, 0.25) is 0 Å². The van der Waals surface area contributed by atoms with Crippen LogP contribution in [0.3, 0.4) is 0 Å². The molecule has 1 aliphatic heterocycles. The molecule has 1 aliphatic rings. The highest BCUT2D eigenvalue weighted by atomic mass is 16.4. The summed E-state index contributed by atoms with van der Waals surface area (Å²) < 4.78 is 0. The standard InChI is InChI=1S/C15H16N4O3/c1-18-6-7-19(9-14(18)20)13-5-3-2-4-10(13)11-8-12(15(21)22)17-16-11/h2-5,8H,6-7,9H2,1H3,(H,16,17)(H,21,22). The van der Waals surface area contributed by atoms with Crippen LogP contribution < -0.4 is 4.90 Å². The second-order valence-corrected chi connectivity index (χ2v) is 5.23. The molecule has 1 saturated heterocycles. The van der Waals surface area contributed by atoms with Crippen LogP contribution >= 0.6 is 0 Å². The number of piperazine rings is 1. The van der Waals surface area contributed by atoms with Gasteiger partial charge in [-0.2, -0.15) is 5.10 Å². The van der Waals surface area contributed by atoms with Gasteiger partial charge in [0.05, 0.1) is 12.2 Å². The van der Waals surface area contributed by atoms with Crippen LogP contribution in [0.25, 0.3) is 11.3 Å². The Morgan fingerprint density at radius 1 is 1.32 bits per heavy atom. The predicted molar refractivity (Wildman–Crippen MR) is 80.8 cm³/mol. The third-order valence-corrected chi connectivity index (χ3v) is 3.79. The Morgan fingerprint density at radius 2 is 2.09 bits per heavy atom. The molecule has 0 aliphatic carbocycles. The lowest BCUT2D eigenvalue weighted by atomic mass is 10.1. The van der Waals surface area contributed by atoms with E-state index in [-0.39, 0.29) is 11.6 Å². The predicted octanol–water partition coefficient (Wildman–Crippen LogP) is 1.05. The number of carbonyl (C=O) groups is 2. The number of benzene rings is 1. The maximum absolute atomic E-state index is 11.9. The average molecular weight is 300 g/mol. The third-order valence-electron chi connectivity index (χ3n) is 3.79. The molecule has 114 valence electrons. The quantitative estimate of drug-likeness (QED) is 0.884. The minimum absolute atomic E-state index is 0.0410. The highest BCUT2D eigenvalue weighted by Gasteiger charge is 2.23. The summed E-state index contributed by atoms with van der Waals surface area (Å²) in [5.41, 5.74) is 2.29. The van der Waals surface area contributed by atoms with Crippen molar-refractivity contribution in [2.45, 2.75) is 0 Å².